The molecule has 5 aromatic rings. The molecule has 3 aromatic carbocycles. The predicted molar refractivity (Wildman–Crippen MR) is 120 cm³/mol. The van der Waals surface area contributed by atoms with Crippen molar-refractivity contribution < 1.29 is 9.26 Å². The first kappa shape index (κ1) is 19.2. The van der Waals surface area contributed by atoms with E-state index in [-0.39, 0.29) is 11.4 Å². The molecule has 0 aliphatic heterocycles. The van der Waals surface area contributed by atoms with Crippen LogP contribution in [0.4, 0.5) is 0 Å². The van der Waals surface area contributed by atoms with Gasteiger partial charge in [-0.3, -0.25) is 4.79 Å². The van der Waals surface area contributed by atoms with Crippen molar-refractivity contribution >= 4 is 26.7 Å². The van der Waals surface area contributed by atoms with Gasteiger partial charge in [0.1, 0.15) is 5.75 Å². The molecule has 7 nitrogen and oxygen atoms in total. The summed E-state index contributed by atoms with van der Waals surface area (Å²) in [4.78, 5) is 17.7. The van der Waals surface area contributed by atoms with Gasteiger partial charge in [-0.15, -0.1) is 0 Å². The Morgan fingerprint density at radius 2 is 1.65 bits per heavy atom. The second-order valence-electron chi connectivity index (χ2n) is 6.71. The number of hydrogen-bond donors (Lipinski definition) is 0. The summed E-state index contributed by atoms with van der Waals surface area (Å²) >= 11 is 3.51. The molecule has 8 heteroatoms. The maximum atomic E-state index is 13.1. The maximum absolute atomic E-state index is 13.1. The average molecular weight is 475 g/mol. The highest BCUT2D eigenvalue weighted by Crippen LogP contribution is 2.29. The number of hydrogen-bond acceptors (Lipinski definition) is 6. The van der Waals surface area contributed by atoms with Crippen molar-refractivity contribution in [1.82, 2.24) is 19.9 Å². The molecule has 152 valence electrons. The minimum atomic E-state index is -0.241. The Labute approximate surface area is 185 Å². The molecule has 0 aliphatic carbocycles. The molecule has 0 fully saturated rings. The van der Waals surface area contributed by atoms with Gasteiger partial charge in [0.2, 0.25) is 5.82 Å². The molecule has 5 rings (SSSR count). The number of rotatable bonds is 4. The van der Waals surface area contributed by atoms with Gasteiger partial charge in [0.05, 0.1) is 18.2 Å². The highest BCUT2D eigenvalue weighted by Gasteiger charge is 2.19. The third kappa shape index (κ3) is 3.40. The molecular formula is C23H15BrN4O3. The van der Waals surface area contributed by atoms with Crippen LogP contribution < -0.4 is 10.3 Å². The van der Waals surface area contributed by atoms with Crippen LogP contribution in [0.2, 0.25) is 0 Å². The van der Waals surface area contributed by atoms with Crippen molar-refractivity contribution in [1.29, 1.82) is 0 Å². The van der Waals surface area contributed by atoms with E-state index in [0.717, 1.165) is 10.0 Å². The molecule has 0 saturated carbocycles. The van der Waals surface area contributed by atoms with Gasteiger partial charge in [-0.05, 0) is 42.5 Å². The van der Waals surface area contributed by atoms with Gasteiger partial charge in [0.25, 0.3) is 11.4 Å². The van der Waals surface area contributed by atoms with Crippen LogP contribution >= 0.6 is 15.9 Å². The molecule has 0 atom stereocenters. The van der Waals surface area contributed by atoms with E-state index in [1.54, 1.807) is 37.4 Å². The first-order chi connectivity index (χ1) is 15.2. The van der Waals surface area contributed by atoms with Crippen molar-refractivity contribution in [3.63, 3.8) is 0 Å². The van der Waals surface area contributed by atoms with E-state index in [0.29, 0.717) is 33.7 Å². The number of methoxy groups -OCH3 is 1. The third-order valence-electron chi connectivity index (χ3n) is 4.87. The van der Waals surface area contributed by atoms with E-state index in [2.05, 4.69) is 31.2 Å². The van der Waals surface area contributed by atoms with Crippen LogP contribution in [-0.4, -0.2) is 27.0 Å². The number of halogens is 1. The monoisotopic (exact) mass is 474 g/mol. The lowest BCUT2D eigenvalue weighted by Crippen LogP contribution is -2.22. The normalized spacial score (nSPS) is 11.0. The molecule has 0 N–H and O–H groups in total. The van der Waals surface area contributed by atoms with Crippen molar-refractivity contribution in [2.24, 2.45) is 0 Å². The highest BCUT2D eigenvalue weighted by atomic mass is 79.9. The van der Waals surface area contributed by atoms with E-state index in [4.69, 9.17) is 9.26 Å². The molecule has 2 heterocycles. The van der Waals surface area contributed by atoms with Gasteiger partial charge in [0, 0.05) is 15.4 Å². The van der Waals surface area contributed by atoms with Gasteiger partial charge in [-0.25, -0.2) is 0 Å². The second kappa shape index (κ2) is 7.81. The first-order valence-corrected chi connectivity index (χ1v) is 10.2. The summed E-state index contributed by atoms with van der Waals surface area (Å²) in [5.41, 5.74) is 1.58. The lowest BCUT2D eigenvalue weighted by atomic mass is 10.1. The zero-order chi connectivity index (χ0) is 21.4. The lowest BCUT2D eigenvalue weighted by molar-refractivity contribution is 0.414. The largest absolute Gasteiger partial charge is 0.497 e. The molecule has 0 spiro atoms. The minimum Gasteiger partial charge on any atom is -0.497 e. The first-order valence-electron chi connectivity index (χ1n) is 9.41. The zero-order valence-electron chi connectivity index (χ0n) is 16.3. The van der Waals surface area contributed by atoms with Crippen molar-refractivity contribution in [3.8, 4) is 34.4 Å². The SMILES string of the molecule is COc1ccc(-n2nc(-c3nc(-c4ccccc4Br)no3)c3ccccc3c2=O)cc1. The number of fused-ring (bicyclic) bond motifs is 1. The number of ether oxygens (including phenoxy) is 1. The standard InChI is InChI=1S/C23H15BrN4O3/c1-30-15-12-10-14(11-13-15)28-23(29)17-7-3-2-6-16(17)20(26-28)22-25-21(27-31-22)18-8-4-5-9-19(18)24/h2-13H,1H3. The molecule has 0 amide bonds. The van der Waals surface area contributed by atoms with Gasteiger partial charge < -0.3 is 9.26 Å². The molecule has 31 heavy (non-hydrogen) atoms. The zero-order valence-corrected chi connectivity index (χ0v) is 17.9. The Kier molecular flexibility index (Phi) is 4.83. The number of nitrogens with zero attached hydrogens (tertiary/aromatic N) is 4. The summed E-state index contributed by atoms with van der Waals surface area (Å²) in [7, 11) is 1.59. The highest BCUT2D eigenvalue weighted by molar-refractivity contribution is 9.10. The van der Waals surface area contributed by atoms with Gasteiger partial charge in [-0.1, -0.05) is 51.4 Å². The smallest absolute Gasteiger partial charge is 0.279 e. The Hall–Kier alpha value is -3.78. The van der Waals surface area contributed by atoms with E-state index in [1.807, 2.05) is 42.5 Å². The lowest BCUT2D eigenvalue weighted by Gasteiger charge is -2.09. The Morgan fingerprint density at radius 3 is 2.39 bits per heavy atom. The van der Waals surface area contributed by atoms with E-state index >= 15 is 0 Å². The predicted octanol–water partition coefficient (Wildman–Crippen LogP) is 4.87. The van der Waals surface area contributed by atoms with Crippen LogP contribution in [0.25, 0.3) is 39.4 Å². The Balaban J connectivity index is 1.71. The topological polar surface area (TPSA) is 83.0 Å². The summed E-state index contributed by atoms with van der Waals surface area (Å²) in [6, 6.07) is 21.9. The fourth-order valence-corrected chi connectivity index (χ4v) is 3.78. The molecular weight excluding hydrogens is 460 g/mol. The molecule has 0 unspecified atom stereocenters. The summed E-state index contributed by atoms with van der Waals surface area (Å²) in [6.45, 7) is 0. The van der Waals surface area contributed by atoms with Crippen LogP contribution in [0.5, 0.6) is 5.75 Å². The van der Waals surface area contributed by atoms with Crippen LogP contribution in [0.1, 0.15) is 0 Å². The fourth-order valence-electron chi connectivity index (χ4n) is 3.32. The summed E-state index contributed by atoms with van der Waals surface area (Å²) < 4.78 is 12.9. The van der Waals surface area contributed by atoms with Gasteiger partial charge >= 0.3 is 0 Å². The van der Waals surface area contributed by atoms with E-state index < -0.39 is 0 Å². The molecule has 0 bridgehead atoms. The number of benzene rings is 3. The van der Waals surface area contributed by atoms with E-state index in [9.17, 15) is 4.79 Å². The van der Waals surface area contributed by atoms with E-state index in [1.165, 1.54) is 4.68 Å². The maximum Gasteiger partial charge on any atom is 0.279 e. The van der Waals surface area contributed by atoms with Crippen LogP contribution in [0.15, 0.2) is 86.6 Å². The van der Waals surface area contributed by atoms with Crippen molar-refractivity contribution in [2.75, 3.05) is 7.11 Å². The van der Waals surface area contributed by atoms with Crippen LogP contribution in [0.3, 0.4) is 0 Å². The molecule has 2 aromatic heterocycles. The molecule has 0 saturated heterocycles. The summed E-state index contributed by atoms with van der Waals surface area (Å²) in [6.07, 6.45) is 0. The molecule has 0 radical (unpaired) electrons. The summed E-state index contributed by atoms with van der Waals surface area (Å²) in [5, 5.41) is 9.84. The second-order valence-corrected chi connectivity index (χ2v) is 7.57. The minimum absolute atomic E-state index is 0.226. The van der Waals surface area contributed by atoms with Crippen molar-refractivity contribution in [2.45, 2.75) is 0 Å². The van der Waals surface area contributed by atoms with Crippen LogP contribution in [-0.2, 0) is 0 Å². The summed E-state index contributed by atoms with van der Waals surface area (Å²) in [5.74, 6) is 1.34. The quantitative estimate of drug-likeness (QED) is 0.369. The fraction of sp³-hybridized carbons (Fsp3) is 0.0435. The van der Waals surface area contributed by atoms with Crippen LogP contribution in [0, 0.1) is 0 Å². The molecule has 0 aliphatic rings. The average Bonchev–Trinajstić information content (AvgIpc) is 3.30. The Morgan fingerprint density at radius 1 is 0.935 bits per heavy atom. The third-order valence-corrected chi connectivity index (χ3v) is 5.56. The number of aromatic nitrogens is 4. The Bertz CT molecular complexity index is 1460. The van der Waals surface area contributed by atoms with Crippen molar-refractivity contribution in [3.05, 3.63) is 87.6 Å². The van der Waals surface area contributed by atoms with Gasteiger partial charge in [0.15, 0.2) is 5.69 Å². The van der Waals surface area contributed by atoms with Gasteiger partial charge in [-0.2, -0.15) is 14.8 Å².